The fraction of sp³-hybridized carbons (Fsp3) is 0.333. The largest absolute Gasteiger partial charge is 0.437 e. The van der Waals surface area contributed by atoms with Gasteiger partial charge in [0, 0.05) is 18.7 Å². The number of aryl methyl sites for hydroxylation is 2. The van der Waals surface area contributed by atoms with Crippen LogP contribution in [0.4, 0.5) is 11.5 Å². The van der Waals surface area contributed by atoms with Crippen LogP contribution in [0, 0.1) is 13.8 Å². The Bertz CT molecular complexity index is 641. The second-order valence-electron chi connectivity index (χ2n) is 4.83. The number of methoxy groups -OCH3 is 1. The second kappa shape index (κ2) is 7.29. The van der Waals surface area contributed by atoms with Crippen LogP contribution in [-0.2, 0) is 4.74 Å². The quantitative estimate of drug-likeness (QED) is 0.795. The summed E-state index contributed by atoms with van der Waals surface area (Å²) >= 11 is 6.15. The van der Waals surface area contributed by atoms with Crippen molar-refractivity contribution in [2.75, 3.05) is 31.3 Å². The molecule has 0 atom stereocenters. The first kappa shape index (κ1) is 16.3. The molecular weight excluding hydrogens is 304 g/mol. The summed E-state index contributed by atoms with van der Waals surface area (Å²) < 4.78 is 10.7. The first-order valence-corrected chi connectivity index (χ1v) is 7.18. The summed E-state index contributed by atoms with van der Waals surface area (Å²) in [5.41, 5.74) is 8.26. The number of ether oxygens (including phenoxy) is 2. The molecule has 7 heteroatoms. The van der Waals surface area contributed by atoms with Gasteiger partial charge in [0.25, 0.3) is 0 Å². The van der Waals surface area contributed by atoms with E-state index in [1.165, 1.54) is 6.33 Å². The van der Waals surface area contributed by atoms with Crippen LogP contribution >= 0.6 is 11.6 Å². The third-order valence-corrected chi connectivity index (χ3v) is 3.67. The lowest BCUT2D eigenvalue weighted by Crippen LogP contribution is -2.11. The molecule has 0 aliphatic rings. The van der Waals surface area contributed by atoms with Crippen LogP contribution in [0.5, 0.6) is 11.6 Å². The van der Waals surface area contributed by atoms with E-state index in [-0.39, 0.29) is 0 Å². The highest BCUT2D eigenvalue weighted by molar-refractivity contribution is 6.32. The molecule has 0 aliphatic heterocycles. The predicted molar refractivity (Wildman–Crippen MR) is 87.8 cm³/mol. The maximum absolute atomic E-state index is 6.15. The molecule has 0 fully saturated rings. The molecule has 118 valence electrons. The topological polar surface area (TPSA) is 82.3 Å². The Kier molecular flexibility index (Phi) is 5.41. The van der Waals surface area contributed by atoms with Crippen LogP contribution in [0.25, 0.3) is 0 Å². The van der Waals surface area contributed by atoms with Crippen LogP contribution in [0.2, 0.25) is 5.02 Å². The van der Waals surface area contributed by atoms with Crippen molar-refractivity contribution in [3.63, 3.8) is 0 Å². The van der Waals surface area contributed by atoms with Gasteiger partial charge in [0.1, 0.15) is 17.8 Å². The minimum Gasteiger partial charge on any atom is -0.437 e. The van der Waals surface area contributed by atoms with Crippen molar-refractivity contribution in [2.45, 2.75) is 13.8 Å². The highest BCUT2D eigenvalue weighted by Gasteiger charge is 2.11. The SMILES string of the molecule is COCCNc1ncnc(Oc2cc(C)c(Cl)c(C)c2)c1N. The van der Waals surface area contributed by atoms with Crippen molar-refractivity contribution < 1.29 is 9.47 Å². The number of nitrogens with zero attached hydrogens (tertiary/aromatic N) is 2. The lowest BCUT2D eigenvalue weighted by molar-refractivity contribution is 0.210. The Labute approximate surface area is 134 Å². The highest BCUT2D eigenvalue weighted by Crippen LogP contribution is 2.32. The smallest absolute Gasteiger partial charge is 0.248 e. The number of nitrogens with one attached hydrogen (secondary N) is 1. The monoisotopic (exact) mass is 322 g/mol. The van der Waals surface area contributed by atoms with Crippen molar-refractivity contribution in [1.29, 1.82) is 0 Å². The molecule has 2 rings (SSSR count). The molecule has 2 aromatic rings. The summed E-state index contributed by atoms with van der Waals surface area (Å²) in [7, 11) is 1.63. The summed E-state index contributed by atoms with van der Waals surface area (Å²) in [5.74, 6) is 1.45. The zero-order chi connectivity index (χ0) is 16.1. The molecule has 0 spiro atoms. The first-order chi connectivity index (χ1) is 10.5. The van der Waals surface area contributed by atoms with E-state index >= 15 is 0 Å². The number of aromatic nitrogens is 2. The van der Waals surface area contributed by atoms with Gasteiger partial charge in [0.05, 0.1) is 6.61 Å². The fourth-order valence-electron chi connectivity index (χ4n) is 1.95. The Hall–Kier alpha value is -2.05. The van der Waals surface area contributed by atoms with Crippen LogP contribution in [0.3, 0.4) is 0 Å². The number of hydrogen-bond acceptors (Lipinski definition) is 6. The van der Waals surface area contributed by atoms with Gasteiger partial charge in [0.2, 0.25) is 5.88 Å². The molecule has 1 aromatic heterocycles. The van der Waals surface area contributed by atoms with Crippen LogP contribution in [-0.4, -0.2) is 30.2 Å². The van der Waals surface area contributed by atoms with Crippen molar-refractivity contribution in [2.24, 2.45) is 0 Å². The summed E-state index contributed by atoms with van der Waals surface area (Å²) in [6.07, 6.45) is 1.40. The molecule has 0 radical (unpaired) electrons. The van der Waals surface area contributed by atoms with Gasteiger partial charge in [-0.1, -0.05) is 11.6 Å². The van der Waals surface area contributed by atoms with Crippen molar-refractivity contribution in [1.82, 2.24) is 9.97 Å². The minimum absolute atomic E-state index is 0.302. The summed E-state index contributed by atoms with van der Waals surface area (Å²) in [6.45, 7) is 4.98. The zero-order valence-corrected chi connectivity index (χ0v) is 13.6. The van der Waals surface area contributed by atoms with Gasteiger partial charge in [0.15, 0.2) is 5.82 Å². The molecule has 3 N–H and O–H groups in total. The average molecular weight is 323 g/mol. The number of halogens is 1. The number of anilines is 2. The third kappa shape index (κ3) is 3.78. The summed E-state index contributed by atoms with van der Waals surface area (Å²) in [4.78, 5) is 8.18. The Morgan fingerprint density at radius 1 is 1.23 bits per heavy atom. The third-order valence-electron chi connectivity index (χ3n) is 3.07. The van der Waals surface area contributed by atoms with Crippen LogP contribution in [0.15, 0.2) is 18.5 Å². The fourth-order valence-corrected chi connectivity index (χ4v) is 2.06. The molecule has 0 saturated heterocycles. The molecule has 1 aromatic carbocycles. The van der Waals surface area contributed by atoms with Crippen LogP contribution in [0.1, 0.15) is 11.1 Å². The first-order valence-electron chi connectivity index (χ1n) is 6.80. The maximum atomic E-state index is 6.15. The Morgan fingerprint density at radius 2 is 1.91 bits per heavy atom. The standard InChI is InChI=1S/C15H19ClN4O2/c1-9-6-11(7-10(2)12(9)16)22-15-13(17)14(19-8-20-15)18-4-5-21-3/h6-8H,4-5,17H2,1-3H3,(H,18,19,20). The van der Waals surface area contributed by atoms with E-state index in [1.54, 1.807) is 7.11 Å². The van der Waals surface area contributed by atoms with Gasteiger partial charge in [-0.15, -0.1) is 0 Å². The van der Waals surface area contributed by atoms with E-state index < -0.39 is 0 Å². The van der Waals surface area contributed by atoms with Crippen LogP contribution < -0.4 is 15.8 Å². The van der Waals surface area contributed by atoms with E-state index in [2.05, 4.69) is 15.3 Å². The summed E-state index contributed by atoms with van der Waals surface area (Å²) in [6, 6.07) is 3.68. The van der Waals surface area contributed by atoms with Crippen molar-refractivity contribution >= 4 is 23.1 Å². The van der Waals surface area contributed by atoms with Crippen molar-refractivity contribution in [3.8, 4) is 11.6 Å². The van der Waals surface area contributed by atoms with Crippen molar-refractivity contribution in [3.05, 3.63) is 34.6 Å². The normalized spacial score (nSPS) is 10.5. The maximum Gasteiger partial charge on any atom is 0.248 e. The van der Waals surface area contributed by atoms with Gasteiger partial charge < -0.3 is 20.5 Å². The average Bonchev–Trinajstić information content (AvgIpc) is 2.48. The summed E-state index contributed by atoms with van der Waals surface area (Å²) in [5, 5.41) is 3.80. The minimum atomic E-state index is 0.302. The van der Waals surface area contributed by atoms with E-state index in [0.717, 1.165) is 16.1 Å². The molecule has 1 heterocycles. The Morgan fingerprint density at radius 3 is 2.55 bits per heavy atom. The zero-order valence-electron chi connectivity index (χ0n) is 12.8. The number of hydrogen-bond donors (Lipinski definition) is 2. The lowest BCUT2D eigenvalue weighted by Gasteiger charge is -2.13. The number of nitrogens with two attached hydrogens (primary N) is 1. The van der Waals surface area contributed by atoms with E-state index in [0.29, 0.717) is 36.3 Å². The Balaban J connectivity index is 2.21. The molecule has 0 amide bonds. The number of benzene rings is 1. The van der Waals surface area contributed by atoms with Gasteiger partial charge in [-0.3, -0.25) is 0 Å². The highest BCUT2D eigenvalue weighted by atomic mass is 35.5. The van der Waals surface area contributed by atoms with E-state index in [1.807, 2.05) is 26.0 Å². The molecule has 22 heavy (non-hydrogen) atoms. The van der Waals surface area contributed by atoms with Gasteiger partial charge in [-0.25, -0.2) is 4.98 Å². The lowest BCUT2D eigenvalue weighted by atomic mass is 10.1. The molecule has 6 nitrogen and oxygen atoms in total. The second-order valence-corrected chi connectivity index (χ2v) is 5.21. The van der Waals surface area contributed by atoms with Gasteiger partial charge >= 0.3 is 0 Å². The number of nitrogen functional groups attached to an aromatic ring is 1. The predicted octanol–water partition coefficient (Wildman–Crippen LogP) is 3.18. The molecule has 0 saturated carbocycles. The van der Waals surface area contributed by atoms with Gasteiger partial charge in [-0.05, 0) is 37.1 Å². The molecular formula is C15H19ClN4O2. The molecule has 0 unspecified atom stereocenters. The van der Waals surface area contributed by atoms with Gasteiger partial charge in [-0.2, -0.15) is 4.98 Å². The number of rotatable bonds is 6. The molecule has 0 bridgehead atoms. The molecule has 0 aliphatic carbocycles. The van der Waals surface area contributed by atoms with E-state index in [9.17, 15) is 0 Å². The van der Waals surface area contributed by atoms with E-state index in [4.69, 9.17) is 26.8 Å².